The minimum atomic E-state index is -1.11. The molecule has 1 aromatic rings. The molecule has 0 radical (unpaired) electrons. The highest BCUT2D eigenvalue weighted by molar-refractivity contribution is 9.10. The molecule has 0 atom stereocenters. The number of hydrogen-bond acceptors (Lipinski definition) is 1. The number of carbonyl (C=O) groups is 1. The van der Waals surface area contributed by atoms with Crippen LogP contribution >= 0.6 is 15.9 Å². The van der Waals surface area contributed by atoms with Gasteiger partial charge in [-0.05, 0) is 19.1 Å². The molecule has 1 rings (SSSR count). The zero-order valence-electron chi connectivity index (χ0n) is 8.35. The molecule has 0 saturated heterocycles. The number of nitrogens with zero attached hydrogens (tertiary/aromatic N) is 1. The van der Waals surface area contributed by atoms with Crippen molar-refractivity contribution in [2.24, 2.45) is 0 Å². The molecule has 82 valence electrons. The minimum Gasteiger partial charge on any atom is -0.342 e. The molecule has 2 nitrogen and oxygen atoms in total. The van der Waals surface area contributed by atoms with Crippen molar-refractivity contribution < 1.29 is 13.6 Å². The number of amides is 1. The van der Waals surface area contributed by atoms with E-state index in [1.54, 1.807) is 6.92 Å². The third kappa shape index (κ3) is 2.53. The monoisotopic (exact) mass is 277 g/mol. The molecule has 0 aliphatic heterocycles. The van der Waals surface area contributed by atoms with Gasteiger partial charge in [0, 0.05) is 18.1 Å². The zero-order valence-corrected chi connectivity index (χ0v) is 9.94. The van der Waals surface area contributed by atoms with Crippen molar-refractivity contribution in [3.8, 4) is 0 Å². The number of rotatable bonds is 2. The van der Waals surface area contributed by atoms with Crippen LogP contribution in [0.5, 0.6) is 0 Å². The molecule has 0 bridgehead atoms. The quantitative estimate of drug-likeness (QED) is 0.762. The van der Waals surface area contributed by atoms with E-state index in [0.717, 1.165) is 6.07 Å². The molecule has 0 heterocycles. The van der Waals surface area contributed by atoms with Crippen LogP contribution in [-0.2, 0) is 0 Å². The van der Waals surface area contributed by atoms with Crippen LogP contribution in [0.25, 0.3) is 0 Å². The van der Waals surface area contributed by atoms with E-state index < -0.39 is 17.5 Å². The first-order valence-electron chi connectivity index (χ1n) is 4.37. The van der Waals surface area contributed by atoms with Crippen molar-refractivity contribution in [1.29, 1.82) is 0 Å². The van der Waals surface area contributed by atoms with Crippen molar-refractivity contribution in [2.45, 2.75) is 6.92 Å². The third-order valence-electron chi connectivity index (χ3n) is 2.04. The molecule has 1 amide bonds. The second-order valence-corrected chi connectivity index (χ2v) is 3.98. The van der Waals surface area contributed by atoms with Crippen LogP contribution in [0.3, 0.4) is 0 Å². The number of halogens is 3. The van der Waals surface area contributed by atoms with Crippen molar-refractivity contribution in [1.82, 2.24) is 4.90 Å². The molecule has 0 aromatic heterocycles. The fraction of sp³-hybridized carbons (Fsp3) is 0.300. The van der Waals surface area contributed by atoms with Gasteiger partial charge < -0.3 is 4.90 Å². The Labute approximate surface area is 95.0 Å². The Morgan fingerprint density at radius 2 is 2.07 bits per heavy atom. The highest BCUT2D eigenvalue weighted by atomic mass is 79.9. The summed E-state index contributed by atoms with van der Waals surface area (Å²) in [5.41, 5.74) is -0.258. The van der Waals surface area contributed by atoms with E-state index in [0.29, 0.717) is 11.0 Å². The summed E-state index contributed by atoms with van der Waals surface area (Å²) >= 11 is 3.01. The van der Waals surface area contributed by atoms with Crippen molar-refractivity contribution in [3.63, 3.8) is 0 Å². The fourth-order valence-electron chi connectivity index (χ4n) is 1.06. The van der Waals surface area contributed by atoms with Gasteiger partial charge in [-0.15, -0.1) is 0 Å². The summed E-state index contributed by atoms with van der Waals surface area (Å²) in [6.07, 6.45) is 0. The van der Waals surface area contributed by atoms with Crippen LogP contribution in [0.2, 0.25) is 0 Å². The molecule has 1 aromatic carbocycles. The lowest BCUT2D eigenvalue weighted by atomic mass is 10.2. The summed E-state index contributed by atoms with van der Waals surface area (Å²) < 4.78 is 26.6. The largest absolute Gasteiger partial charge is 0.342 e. The van der Waals surface area contributed by atoms with E-state index in [9.17, 15) is 13.6 Å². The predicted octanol–water partition coefficient (Wildman–Crippen LogP) is 2.82. The molecular formula is C10H10BrF2NO. The first-order chi connectivity index (χ1) is 6.97. The van der Waals surface area contributed by atoms with Crippen LogP contribution in [0.1, 0.15) is 17.3 Å². The van der Waals surface area contributed by atoms with Gasteiger partial charge in [-0.25, -0.2) is 8.78 Å². The standard InChI is InChI=1S/C10H10BrF2NO/c1-3-14(2)10(15)7-4-6(11)5-8(12)9(7)13/h4-5H,3H2,1-2H3. The highest BCUT2D eigenvalue weighted by Crippen LogP contribution is 2.20. The SMILES string of the molecule is CCN(C)C(=O)c1cc(Br)cc(F)c1F. The number of carbonyl (C=O) groups excluding carboxylic acids is 1. The van der Waals surface area contributed by atoms with Crippen molar-refractivity contribution >= 4 is 21.8 Å². The molecule has 15 heavy (non-hydrogen) atoms. The maximum Gasteiger partial charge on any atom is 0.256 e. The normalized spacial score (nSPS) is 10.2. The summed E-state index contributed by atoms with van der Waals surface area (Å²) in [6, 6.07) is 2.25. The van der Waals surface area contributed by atoms with E-state index in [1.807, 2.05) is 0 Å². The van der Waals surface area contributed by atoms with Crippen LogP contribution in [0.15, 0.2) is 16.6 Å². The van der Waals surface area contributed by atoms with E-state index in [4.69, 9.17) is 0 Å². The Kier molecular flexibility index (Phi) is 3.79. The van der Waals surface area contributed by atoms with Crippen LogP contribution < -0.4 is 0 Å². The van der Waals surface area contributed by atoms with E-state index >= 15 is 0 Å². The average molecular weight is 278 g/mol. The average Bonchev–Trinajstić information content (AvgIpc) is 2.21. The molecule has 0 N–H and O–H groups in total. The van der Waals surface area contributed by atoms with Gasteiger partial charge in [-0.1, -0.05) is 15.9 Å². The van der Waals surface area contributed by atoms with Crippen LogP contribution in [0, 0.1) is 11.6 Å². The Morgan fingerprint density at radius 3 is 2.60 bits per heavy atom. The van der Waals surface area contributed by atoms with Gasteiger partial charge in [0.2, 0.25) is 0 Å². The van der Waals surface area contributed by atoms with E-state index in [2.05, 4.69) is 15.9 Å². The molecular weight excluding hydrogens is 268 g/mol. The van der Waals surface area contributed by atoms with Crippen LogP contribution in [-0.4, -0.2) is 24.4 Å². The highest BCUT2D eigenvalue weighted by Gasteiger charge is 2.18. The molecule has 0 saturated carbocycles. The van der Waals surface area contributed by atoms with Gasteiger partial charge >= 0.3 is 0 Å². The summed E-state index contributed by atoms with van der Waals surface area (Å²) in [7, 11) is 1.53. The fourth-order valence-corrected chi connectivity index (χ4v) is 1.49. The van der Waals surface area contributed by atoms with Gasteiger partial charge in [0.1, 0.15) is 0 Å². The molecule has 0 aliphatic carbocycles. The zero-order chi connectivity index (χ0) is 11.6. The topological polar surface area (TPSA) is 20.3 Å². The predicted molar refractivity (Wildman–Crippen MR) is 56.7 cm³/mol. The minimum absolute atomic E-state index is 0.258. The second-order valence-electron chi connectivity index (χ2n) is 3.07. The summed E-state index contributed by atoms with van der Waals surface area (Å²) in [6.45, 7) is 2.19. The maximum absolute atomic E-state index is 13.3. The number of hydrogen-bond donors (Lipinski definition) is 0. The van der Waals surface area contributed by atoms with E-state index in [1.165, 1.54) is 18.0 Å². The van der Waals surface area contributed by atoms with E-state index in [-0.39, 0.29) is 5.56 Å². The molecule has 0 aliphatic rings. The van der Waals surface area contributed by atoms with Gasteiger partial charge in [0.25, 0.3) is 5.91 Å². The van der Waals surface area contributed by atoms with Gasteiger partial charge in [-0.2, -0.15) is 0 Å². The first-order valence-corrected chi connectivity index (χ1v) is 5.16. The molecule has 0 spiro atoms. The van der Waals surface area contributed by atoms with Gasteiger partial charge in [0.15, 0.2) is 11.6 Å². The Bertz CT molecular complexity index is 395. The van der Waals surface area contributed by atoms with Crippen molar-refractivity contribution in [3.05, 3.63) is 33.8 Å². The maximum atomic E-state index is 13.3. The number of benzene rings is 1. The Morgan fingerprint density at radius 1 is 1.47 bits per heavy atom. The van der Waals surface area contributed by atoms with Crippen LogP contribution in [0.4, 0.5) is 8.78 Å². The molecule has 0 fully saturated rings. The summed E-state index contributed by atoms with van der Waals surface area (Å²) in [5, 5.41) is 0. The lowest BCUT2D eigenvalue weighted by Gasteiger charge is -2.15. The lowest BCUT2D eigenvalue weighted by molar-refractivity contribution is 0.0796. The third-order valence-corrected chi connectivity index (χ3v) is 2.50. The smallest absolute Gasteiger partial charge is 0.256 e. The Balaban J connectivity index is 3.19. The Hall–Kier alpha value is -0.970. The lowest BCUT2D eigenvalue weighted by Crippen LogP contribution is -2.27. The van der Waals surface area contributed by atoms with Crippen molar-refractivity contribution in [2.75, 3.05) is 13.6 Å². The second kappa shape index (κ2) is 4.70. The summed E-state index contributed by atoms with van der Waals surface area (Å²) in [5.74, 6) is -2.67. The molecule has 5 heteroatoms. The van der Waals surface area contributed by atoms with Gasteiger partial charge in [-0.3, -0.25) is 4.79 Å². The first kappa shape index (κ1) is 12.1. The summed E-state index contributed by atoms with van der Waals surface area (Å²) in [4.78, 5) is 12.9. The molecule has 0 unspecified atom stereocenters. The van der Waals surface area contributed by atoms with Gasteiger partial charge in [0.05, 0.1) is 5.56 Å².